The first kappa shape index (κ1) is 12.2. The summed E-state index contributed by atoms with van der Waals surface area (Å²) in [7, 11) is 0. The average molecular weight is 247 g/mol. The lowest BCUT2D eigenvalue weighted by Crippen LogP contribution is -2.20. The predicted molar refractivity (Wildman–Crippen MR) is 66.9 cm³/mol. The number of H-pyrrole nitrogens is 1. The van der Waals surface area contributed by atoms with Gasteiger partial charge in [0, 0.05) is 5.39 Å². The van der Waals surface area contributed by atoms with Gasteiger partial charge >= 0.3 is 5.97 Å². The van der Waals surface area contributed by atoms with Gasteiger partial charge in [-0.15, -0.1) is 0 Å². The van der Waals surface area contributed by atoms with Gasteiger partial charge in [0.1, 0.15) is 5.75 Å². The van der Waals surface area contributed by atoms with Crippen molar-refractivity contribution in [3.05, 3.63) is 39.7 Å². The van der Waals surface area contributed by atoms with E-state index in [9.17, 15) is 14.7 Å². The first-order valence-electron chi connectivity index (χ1n) is 5.57. The third kappa shape index (κ3) is 1.95. The molecule has 2 N–H and O–H groups in total. The summed E-state index contributed by atoms with van der Waals surface area (Å²) in [4.78, 5) is 25.9. The van der Waals surface area contributed by atoms with Gasteiger partial charge < -0.3 is 14.8 Å². The molecule has 5 heteroatoms. The standard InChI is InChI=1S/C13H13NO4/c1-3-18-13(17)10-11(15)8-5-4-7(2)6-9(8)14-12(10)16/h4-6H,3H2,1-2H3,(H2,14,15,16). The van der Waals surface area contributed by atoms with Crippen LogP contribution in [0.2, 0.25) is 0 Å². The number of fused-ring (bicyclic) bond motifs is 1. The quantitative estimate of drug-likeness (QED) is 0.792. The molecule has 1 heterocycles. The minimum absolute atomic E-state index is 0.143. The highest BCUT2D eigenvalue weighted by Crippen LogP contribution is 2.25. The molecule has 0 amide bonds. The highest BCUT2D eigenvalue weighted by Gasteiger charge is 2.19. The summed E-state index contributed by atoms with van der Waals surface area (Å²) in [6, 6.07) is 5.17. The average Bonchev–Trinajstić information content (AvgIpc) is 2.28. The number of rotatable bonds is 2. The minimum Gasteiger partial charge on any atom is -0.506 e. The normalized spacial score (nSPS) is 10.6. The maximum atomic E-state index is 11.8. The van der Waals surface area contributed by atoms with Crippen LogP contribution in [-0.4, -0.2) is 22.7 Å². The van der Waals surface area contributed by atoms with E-state index >= 15 is 0 Å². The van der Waals surface area contributed by atoms with Crippen molar-refractivity contribution in [2.75, 3.05) is 6.61 Å². The van der Waals surface area contributed by atoms with E-state index < -0.39 is 11.5 Å². The lowest BCUT2D eigenvalue weighted by Gasteiger charge is -2.07. The van der Waals surface area contributed by atoms with Crippen molar-refractivity contribution >= 4 is 16.9 Å². The number of carbonyl (C=O) groups is 1. The Morgan fingerprint density at radius 3 is 2.83 bits per heavy atom. The second-order valence-electron chi connectivity index (χ2n) is 3.95. The number of pyridine rings is 1. The number of carbonyl (C=O) groups excluding carboxylic acids is 1. The molecule has 0 saturated carbocycles. The van der Waals surface area contributed by atoms with E-state index in [0.717, 1.165) is 5.56 Å². The number of aromatic nitrogens is 1. The number of esters is 1. The molecule has 1 aromatic heterocycles. The fourth-order valence-corrected chi connectivity index (χ4v) is 1.79. The maximum absolute atomic E-state index is 11.8. The molecular formula is C13H13NO4. The lowest BCUT2D eigenvalue weighted by atomic mass is 10.1. The zero-order valence-electron chi connectivity index (χ0n) is 10.1. The minimum atomic E-state index is -0.821. The van der Waals surface area contributed by atoms with E-state index in [1.165, 1.54) is 0 Å². The number of benzene rings is 1. The molecule has 0 fully saturated rings. The number of nitrogens with one attached hydrogen (secondary N) is 1. The Bertz CT molecular complexity index is 672. The third-order valence-corrected chi connectivity index (χ3v) is 2.62. The van der Waals surface area contributed by atoms with E-state index in [4.69, 9.17) is 4.74 Å². The van der Waals surface area contributed by atoms with Gasteiger partial charge in [0.25, 0.3) is 5.56 Å². The highest BCUT2D eigenvalue weighted by atomic mass is 16.5. The van der Waals surface area contributed by atoms with Crippen LogP contribution in [0.15, 0.2) is 23.0 Å². The Labute approximate surface area is 103 Å². The van der Waals surface area contributed by atoms with Crippen LogP contribution in [-0.2, 0) is 4.74 Å². The van der Waals surface area contributed by atoms with Crippen molar-refractivity contribution in [3.8, 4) is 5.75 Å². The Morgan fingerprint density at radius 2 is 2.17 bits per heavy atom. The predicted octanol–water partition coefficient (Wildman–Crippen LogP) is 1.72. The van der Waals surface area contributed by atoms with Crippen molar-refractivity contribution in [2.24, 2.45) is 0 Å². The molecule has 1 aromatic carbocycles. The van der Waals surface area contributed by atoms with Gasteiger partial charge in [0.05, 0.1) is 12.1 Å². The zero-order chi connectivity index (χ0) is 13.3. The summed E-state index contributed by atoms with van der Waals surface area (Å²) in [5, 5.41) is 10.4. The number of hydrogen-bond donors (Lipinski definition) is 2. The smallest absolute Gasteiger partial charge is 0.347 e. The number of ether oxygens (including phenoxy) is 1. The molecule has 0 spiro atoms. The van der Waals surface area contributed by atoms with E-state index in [1.54, 1.807) is 25.1 Å². The van der Waals surface area contributed by atoms with Crippen molar-refractivity contribution in [2.45, 2.75) is 13.8 Å². The summed E-state index contributed by atoms with van der Waals surface area (Å²) in [6.45, 7) is 3.64. The molecule has 0 aliphatic carbocycles. The van der Waals surface area contributed by atoms with Crippen LogP contribution in [0.4, 0.5) is 0 Å². The summed E-state index contributed by atoms with van der Waals surface area (Å²) in [6.07, 6.45) is 0. The first-order valence-corrected chi connectivity index (χ1v) is 5.57. The van der Waals surface area contributed by atoms with E-state index in [2.05, 4.69) is 4.98 Å². The van der Waals surface area contributed by atoms with Crippen molar-refractivity contribution in [1.82, 2.24) is 4.98 Å². The van der Waals surface area contributed by atoms with Gasteiger partial charge in [-0.25, -0.2) is 4.79 Å². The first-order chi connectivity index (χ1) is 8.54. The molecule has 5 nitrogen and oxygen atoms in total. The van der Waals surface area contributed by atoms with Crippen molar-refractivity contribution < 1.29 is 14.6 Å². The fourth-order valence-electron chi connectivity index (χ4n) is 1.79. The number of hydrogen-bond acceptors (Lipinski definition) is 4. The molecule has 0 atom stereocenters. The molecular weight excluding hydrogens is 234 g/mol. The Hall–Kier alpha value is -2.30. The molecule has 2 aromatic rings. The van der Waals surface area contributed by atoms with Gasteiger partial charge in [0.2, 0.25) is 0 Å². The van der Waals surface area contributed by atoms with Gasteiger partial charge in [-0.2, -0.15) is 0 Å². The Morgan fingerprint density at radius 1 is 1.44 bits per heavy atom. The Balaban J connectivity index is 2.73. The largest absolute Gasteiger partial charge is 0.506 e. The summed E-state index contributed by atoms with van der Waals surface area (Å²) < 4.78 is 4.74. The summed E-state index contributed by atoms with van der Waals surface area (Å²) in [5.41, 5.74) is 0.434. The van der Waals surface area contributed by atoms with E-state index in [0.29, 0.717) is 10.9 Å². The molecule has 94 valence electrons. The molecule has 18 heavy (non-hydrogen) atoms. The van der Waals surface area contributed by atoms with Gasteiger partial charge in [0.15, 0.2) is 5.56 Å². The zero-order valence-corrected chi connectivity index (χ0v) is 10.1. The lowest BCUT2D eigenvalue weighted by molar-refractivity contribution is 0.0521. The molecule has 0 aliphatic heterocycles. The SMILES string of the molecule is CCOC(=O)c1c(O)c2ccc(C)cc2[nH]c1=O. The van der Waals surface area contributed by atoms with Crippen molar-refractivity contribution in [3.63, 3.8) is 0 Å². The van der Waals surface area contributed by atoms with Crippen molar-refractivity contribution in [1.29, 1.82) is 0 Å². The summed E-state index contributed by atoms with van der Waals surface area (Å²) >= 11 is 0. The number of aromatic amines is 1. The molecule has 2 rings (SSSR count). The molecule has 0 radical (unpaired) electrons. The fraction of sp³-hybridized carbons (Fsp3) is 0.231. The molecule has 0 saturated heterocycles. The van der Waals surface area contributed by atoms with E-state index in [-0.39, 0.29) is 17.9 Å². The van der Waals surface area contributed by atoms with Gasteiger partial charge in [-0.05, 0) is 31.5 Å². The van der Waals surface area contributed by atoms with Gasteiger partial charge in [-0.3, -0.25) is 4.79 Å². The third-order valence-electron chi connectivity index (χ3n) is 2.62. The van der Waals surface area contributed by atoms with Gasteiger partial charge in [-0.1, -0.05) is 6.07 Å². The van der Waals surface area contributed by atoms with Crippen LogP contribution in [0, 0.1) is 6.92 Å². The highest BCUT2D eigenvalue weighted by molar-refractivity contribution is 5.99. The molecule has 0 unspecified atom stereocenters. The van der Waals surface area contributed by atoms with E-state index in [1.807, 2.05) is 6.92 Å². The van der Waals surface area contributed by atoms with Crippen LogP contribution in [0.3, 0.4) is 0 Å². The second kappa shape index (κ2) is 4.52. The van der Waals surface area contributed by atoms with Crippen LogP contribution in [0.5, 0.6) is 5.75 Å². The second-order valence-corrected chi connectivity index (χ2v) is 3.95. The van der Waals surface area contributed by atoms with Crippen LogP contribution in [0.25, 0.3) is 10.9 Å². The van der Waals surface area contributed by atoms with Crippen LogP contribution >= 0.6 is 0 Å². The maximum Gasteiger partial charge on any atom is 0.347 e. The summed E-state index contributed by atoms with van der Waals surface area (Å²) in [5.74, 6) is -1.16. The molecule has 0 bridgehead atoms. The molecule has 0 aliphatic rings. The van der Waals surface area contributed by atoms with Crippen LogP contribution < -0.4 is 5.56 Å². The van der Waals surface area contributed by atoms with Crippen LogP contribution in [0.1, 0.15) is 22.8 Å². The monoisotopic (exact) mass is 247 g/mol. The Kier molecular flexibility index (Phi) is 3.06. The number of aromatic hydroxyl groups is 1. The topological polar surface area (TPSA) is 79.4 Å². The number of aryl methyl sites for hydroxylation is 1.